The SMILES string of the molecule is C#CC#Cc1ccc(C(=O)N[C@H](C(=O)NOC)C(C)OC(C)(C)C)cc1. The van der Waals surface area contributed by atoms with Crippen molar-refractivity contribution in [3.63, 3.8) is 0 Å². The second kappa shape index (κ2) is 9.62. The first-order valence-electron chi connectivity index (χ1n) is 8.06. The zero-order chi connectivity index (χ0) is 19.7. The predicted molar refractivity (Wildman–Crippen MR) is 98.9 cm³/mol. The molecule has 0 heterocycles. The summed E-state index contributed by atoms with van der Waals surface area (Å²) in [6.07, 6.45) is 4.51. The molecular formula is C20H24N2O4. The lowest BCUT2D eigenvalue weighted by molar-refractivity contribution is -0.140. The van der Waals surface area contributed by atoms with Gasteiger partial charge in [0.1, 0.15) is 6.04 Å². The van der Waals surface area contributed by atoms with Gasteiger partial charge in [-0.05, 0) is 63.8 Å². The van der Waals surface area contributed by atoms with E-state index in [-0.39, 0.29) is 0 Å². The van der Waals surface area contributed by atoms with E-state index in [2.05, 4.69) is 33.4 Å². The quantitative estimate of drug-likeness (QED) is 0.600. The van der Waals surface area contributed by atoms with Gasteiger partial charge in [-0.25, -0.2) is 5.48 Å². The van der Waals surface area contributed by atoms with Crippen LogP contribution in [0.2, 0.25) is 0 Å². The van der Waals surface area contributed by atoms with E-state index in [1.165, 1.54) is 7.11 Å². The van der Waals surface area contributed by atoms with Crippen LogP contribution >= 0.6 is 0 Å². The van der Waals surface area contributed by atoms with Crippen molar-refractivity contribution in [1.82, 2.24) is 10.8 Å². The number of carbonyl (C=O) groups excluding carboxylic acids is 2. The number of benzene rings is 1. The molecule has 1 unspecified atom stereocenters. The minimum Gasteiger partial charge on any atom is -0.370 e. The molecule has 0 spiro atoms. The molecule has 0 bridgehead atoms. The van der Waals surface area contributed by atoms with Gasteiger partial charge in [0.05, 0.1) is 18.8 Å². The summed E-state index contributed by atoms with van der Waals surface area (Å²) in [6, 6.07) is 5.65. The Balaban J connectivity index is 2.94. The highest BCUT2D eigenvalue weighted by atomic mass is 16.6. The highest BCUT2D eigenvalue weighted by Crippen LogP contribution is 2.14. The number of ether oxygens (including phenoxy) is 1. The number of hydrogen-bond donors (Lipinski definition) is 2. The summed E-state index contributed by atoms with van der Waals surface area (Å²) >= 11 is 0. The molecule has 26 heavy (non-hydrogen) atoms. The summed E-state index contributed by atoms with van der Waals surface area (Å²) in [6.45, 7) is 7.32. The first-order valence-corrected chi connectivity index (χ1v) is 8.06. The summed E-state index contributed by atoms with van der Waals surface area (Å²) in [7, 11) is 1.32. The molecule has 2 N–H and O–H groups in total. The van der Waals surface area contributed by atoms with Crippen LogP contribution in [0.1, 0.15) is 43.6 Å². The number of amides is 2. The average Bonchev–Trinajstić information content (AvgIpc) is 2.56. The minimum atomic E-state index is -0.928. The lowest BCUT2D eigenvalue weighted by Crippen LogP contribution is -2.54. The van der Waals surface area contributed by atoms with Crippen molar-refractivity contribution in [3.05, 3.63) is 35.4 Å². The first kappa shape index (κ1) is 21.2. The van der Waals surface area contributed by atoms with Crippen LogP contribution in [0.15, 0.2) is 24.3 Å². The zero-order valence-electron chi connectivity index (χ0n) is 15.7. The van der Waals surface area contributed by atoms with Crippen molar-refractivity contribution in [3.8, 4) is 24.2 Å². The molecule has 0 aliphatic heterocycles. The summed E-state index contributed by atoms with van der Waals surface area (Å²) in [5.74, 6) is 6.57. The second-order valence-corrected chi connectivity index (χ2v) is 6.53. The van der Waals surface area contributed by atoms with E-state index < -0.39 is 29.6 Å². The number of hydroxylamine groups is 1. The van der Waals surface area contributed by atoms with E-state index >= 15 is 0 Å². The summed E-state index contributed by atoms with van der Waals surface area (Å²) in [5.41, 5.74) is 2.83. The third kappa shape index (κ3) is 6.98. The molecule has 138 valence electrons. The number of terminal acetylenes is 1. The molecule has 1 rings (SSSR count). The van der Waals surface area contributed by atoms with Crippen molar-refractivity contribution in [2.45, 2.75) is 45.4 Å². The van der Waals surface area contributed by atoms with Crippen LogP contribution in [0.3, 0.4) is 0 Å². The third-order valence-corrected chi connectivity index (χ3v) is 3.21. The molecule has 2 amide bonds. The van der Waals surface area contributed by atoms with Gasteiger partial charge < -0.3 is 10.1 Å². The Kier molecular flexibility index (Phi) is 7.86. The fourth-order valence-corrected chi connectivity index (χ4v) is 2.22. The molecule has 6 nitrogen and oxygen atoms in total. The van der Waals surface area contributed by atoms with Crippen LogP contribution < -0.4 is 10.8 Å². The van der Waals surface area contributed by atoms with Crippen molar-refractivity contribution in [2.24, 2.45) is 0 Å². The molecule has 1 aromatic rings. The van der Waals surface area contributed by atoms with Crippen LogP contribution in [0.5, 0.6) is 0 Å². The third-order valence-electron chi connectivity index (χ3n) is 3.21. The van der Waals surface area contributed by atoms with Crippen LogP contribution in [0, 0.1) is 24.2 Å². The van der Waals surface area contributed by atoms with Crippen molar-refractivity contribution in [2.75, 3.05) is 7.11 Å². The Bertz CT molecular complexity index is 730. The number of carbonyl (C=O) groups is 2. The van der Waals surface area contributed by atoms with E-state index in [1.807, 2.05) is 20.8 Å². The zero-order valence-corrected chi connectivity index (χ0v) is 15.7. The molecule has 0 aliphatic carbocycles. The Morgan fingerprint density at radius 3 is 2.31 bits per heavy atom. The van der Waals surface area contributed by atoms with E-state index in [0.717, 1.165) is 0 Å². The molecule has 6 heteroatoms. The highest BCUT2D eigenvalue weighted by Gasteiger charge is 2.31. The van der Waals surface area contributed by atoms with Gasteiger partial charge in [-0.15, -0.1) is 6.42 Å². The molecule has 0 saturated heterocycles. The van der Waals surface area contributed by atoms with Gasteiger partial charge >= 0.3 is 0 Å². The van der Waals surface area contributed by atoms with E-state index in [9.17, 15) is 9.59 Å². The van der Waals surface area contributed by atoms with Gasteiger partial charge in [0.2, 0.25) is 0 Å². The average molecular weight is 356 g/mol. The van der Waals surface area contributed by atoms with Crippen LogP contribution in [0.25, 0.3) is 0 Å². The smallest absolute Gasteiger partial charge is 0.268 e. The van der Waals surface area contributed by atoms with Crippen LogP contribution in [-0.2, 0) is 14.4 Å². The lowest BCUT2D eigenvalue weighted by Gasteiger charge is -2.30. The summed E-state index contributed by atoms with van der Waals surface area (Å²) in [5, 5.41) is 2.68. The molecular weight excluding hydrogens is 332 g/mol. The van der Waals surface area contributed by atoms with Gasteiger partial charge in [-0.2, -0.15) is 0 Å². The van der Waals surface area contributed by atoms with Crippen molar-refractivity contribution >= 4 is 11.8 Å². The minimum absolute atomic E-state index is 0.384. The largest absolute Gasteiger partial charge is 0.370 e. The van der Waals surface area contributed by atoms with Gasteiger partial charge in [0.25, 0.3) is 11.8 Å². The standard InChI is InChI=1S/C20H24N2O4/c1-7-8-9-15-10-12-16(13-11-15)18(23)21-17(19(24)22-25-6)14(2)26-20(3,4)5/h1,10-14,17H,2-6H3,(H,21,23)(H,22,24)/t14?,17-/m0/s1. The van der Waals surface area contributed by atoms with Crippen molar-refractivity contribution < 1.29 is 19.2 Å². The number of hydrogen-bond acceptors (Lipinski definition) is 4. The maximum absolute atomic E-state index is 12.5. The molecule has 0 saturated carbocycles. The second-order valence-electron chi connectivity index (χ2n) is 6.53. The lowest BCUT2D eigenvalue weighted by atomic mass is 10.1. The molecule has 0 radical (unpaired) electrons. The van der Waals surface area contributed by atoms with Gasteiger partial charge in [-0.3, -0.25) is 14.4 Å². The first-order chi connectivity index (χ1) is 12.2. The Hall–Kier alpha value is -2.80. The van der Waals surface area contributed by atoms with E-state index in [1.54, 1.807) is 31.2 Å². The van der Waals surface area contributed by atoms with Crippen molar-refractivity contribution in [1.29, 1.82) is 0 Å². The fraction of sp³-hybridized carbons (Fsp3) is 0.400. The van der Waals surface area contributed by atoms with Gasteiger partial charge in [-0.1, -0.05) is 5.92 Å². The Labute approximate surface area is 154 Å². The van der Waals surface area contributed by atoms with Crippen LogP contribution in [-0.4, -0.2) is 36.7 Å². The Morgan fingerprint density at radius 2 is 1.81 bits per heavy atom. The maximum atomic E-state index is 12.5. The van der Waals surface area contributed by atoms with E-state index in [0.29, 0.717) is 11.1 Å². The highest BCUT2D eigenvalue weighted by molar-refractivity contribution is 5.97. The number of rotatable bonds is 6. The monoisotopic (exact) mass is 356 g/mol. The molecule has 1 aromatic carbocycles. The Morgan fingerprint density at radius 1 is 1.19 bits per heavy atom. The maximum Gasteiger partial charge on any atom is 0.268 e. The molecule has 0 aromatic heterocycles. The topological polar surface area (TPSA) is 76.7 Å². The molecule has 0 aliphatic rings. The van der Waals surface area contributed by atoms with Gasteiger partial charge in [0, 0.05) is 11.1 Å². The van der Waals surface area contributed by atoms with Crippen LogP contribution in [0.4, 0.5) is 0 Å². The predicted octanol–water partition coefficient (Wildman–Crippen LogP) is 1.65. The summed E-state index contributed by atoms with van der Waals surface area (Å²) < 4.78 is 5.80. The van der Waals surface area contributed by atoms with E-state index in [4.69, 9.17) is 11.2 Å². The normalized spacial score (nSPS) is 12.8. The fourth-order valence-electron chi connectivity index (χ4n) is 2.22. The molecule has 2 atom stereocenters. The summed E-state index contributed by atoms with van der Waals surface area (Å²) in [4.78, 5) is 29.4. The number of nitrogens with one attached hydrogen (secondary N) is 2. The van der Waals surface area contributed by atoms with Gasteiger partial charge in [0.15, 0.2) is 0 Å². The molecule has 0 fully saturated rings.